The molecular weight excluding hydrogens is 422 g/mol. The van der Waals surface area contributed by atoms with Crippen molar-refractivity contribution in [3.05, 3.63) is 33.8 Å². The van der Waals surface area contributed by atoms with Crippen molar-refractivity contribution in [2.75, 3.05) is 19.8 Å². The Kier molecular flexibility index (Phi) is 6.44. The van der Waals surface area contributed by atoms with E-state index in [-0.39, 0.29) is 19.6 Å². The molecule has 0 saturated heterocycles. The highest BCUT2D eigenvalue weighted by molar-refractivity contribution is 6.42. The number of ether oxygens (including phenoxy) is 2. The highest BCUT2D eigenvalue weighted by Crippen LogP contribution is 2.67. The molecule has 160 valence electrons. The zero-order valence-corrected chi connectivity index (χ0v) is 17.9. The van der Waals surface area contributed by atoms with E-state index in [0.717, 1.165) is 5.56 Å². The molecular formula is C20H25Cl2FN2O4. The number of rotatable bonds is 8. The van der Waals surface area contributed by atoms with Crippen molar-refractivity contribution in [1.29, 1.82) is 0 Å². The minimum Gasteiger partial charge on any atom is -0.466 e. The molecule has 0 aliphatic heterocycles. The third-order valence-corrected chi connectivity index (χ3v) is 6.67. The normalized spacial score (nSPS) is 32.6. The molecule has 0 radical (unpaired) electrons. The van der Waals surface area contributed by atoms with Gasteiger partial charge >= 0.3 is 11.9 Å². The molecule has 3 N–H and O–H groups in total. The molecule has 0 spiro atoms. The van der Waals surface area contributed by atoms with Gasteiger partial charge in [0.05, 0.1) is 34.7 Å². The molecule has 1 aromatic carbocycles. The lowest BCUT2D eigenvalue weighted by Gasteiger charge is -2.29. The van der Waals surface area contributed by atoms with Crippen LogP contribution in [0.15, 0.2) is 18.2 Å². The lowest BCUT2D eigenvalue weighted by molar-refractivity contribution is -0.156. The molecule has 0 unspecified atom stereocenters. The lowest BCUT2D eigenvalue weighted by atomic mass is 9.89. The summed E-state index contributed by atoms with van der Waals surface area (Å²) in [4.78, 5) is 24.8. The van der Waals surface area contributed by atoms with Crippen LogP contribution in [0.25, 0.3) is 0 Å². The maximum atomic E-state index is 15.4. The predicted molar refractivity (Wildman–Crippen MR) is 108 cm³/mol. The number of carbonyl (C=O) groups is 2. The van der Waals surface area contributed by atoms with Crippen LogP contribution in [0.5, 0.6) is 0 Å². The van der Waals surface area contributed by atoms with Gasteiger partial charge in [0.2, 0.25) is 5.67 Å². The van der Waals surface area contributed by atoms with Gasteiger partial charge in [-0.1, -0.05) is 29.3 Å². The molecule has 9 heteroatoms. The van der Waals surface area contributed by atoms with Crippen LogP contribution in [0.3, 0.4) is 0 Å². The molecule has 0 aromatic heterocycles. The Morgan fingerprint density at radius 3 is 2.55 bits per heavy atom. The number of fused-ring (bicyclic) bond motifs is 1. The summed E-state index contributed by atoms with van der Waals surface area (Å²) in [6.07, 6.45) is 0.875. The van der Waals surface area contributed by atoms with Crippen LogP contribution in [0, 0.1) is 11.8 Å². The Morgan fingerprint density at radius 2 is 1.93 bits per heavy atom. The fourth-order valence-corrected chi connectivity index (χ4v) is 4.85. The van der Waals surface area contributed by atoms with E-state index in [4.69, 9.17) is 38.4 Å². The average molecular weight is 447 g/mol. The monoisotopic (exact) mass is 446 g/mol. The number of carbonyl (C=O) groups excluding carboxylic acids is 2. The summed E-state index contributed by atoms with van der Waals surface area (Å²) in [6, 6.07) is 4.96. The maximum absolute atomic E-state index is 15.4. The number of nitrogens with two attached hydrogens (primary N) is 1. The summed E-state index contributed by atoms with van der Waals surface area (Å²) in [5, 5.41) is 4.22. The van der Waals surface area contributed by atoms with Crippen molar-refractivity contribution in [1.82, 2.24) is 5.32 Å². The average Bonchev–Trinajstić information content (AvgIpc) is 2.98. The van der Waals surface area contributed by atoms with Gasteiger partial charge in [-0.05, 0) is 50.9 Å². The van der Waals surface area contributed by atoms with Crippen LogP contribution in [-0.2, 0) is 25.5 Å². The number of benzene rings is 1. The zero-order chi connectivity index (χ0) is 21.4. The van der Waals surface area contributed by atoms with Gasteiger partial charge in [-0.3, -0.25) is 4.79 Å². The van der Waals surface area contributed by atoms with Gasteiger partial charge in [-0.15, -0.1) is 0 Å². The number of esters is 2. The predicted octanol–water partition coefficient (Wildman–Crippen LogP) is 2.68. The molecule has 3 rings (SSSR count). The second-order valence-corrected chi connectivity index (χ2v) is 8.26. The Hall–Kier alpha value is -1.41. The number of nitrogens with one attached hydrogen (secondary N) is 1. The topological polar surface area (TPSA) is 90.6 Å². The molecule has 2 aliphatic rings. The fraction of sp³-hybridized carbons (Fsp3) is 0.600. The van der Waals surface area contributed by atoms with Crippen LogP contribution in [0.4, 0.5) is 4.39 Å². The van der Waals surface area contributed by atoms with Crippen molar-refractivity contribution in [3.63, 3.8) is 0 Å². The summed E-state index contributed by atoms with van der Waals surface area (Å²) in [7, 11) is 0. The van der Waals surface area contributed by atoms with E-state index in [1.807, 2.05) is 6.07 Å². The molecule has 6 nitrogen and oxygen atoms in total. The van der Waals surface area contributed by atoms with E-state index in [1.54, 1.807) is 26.0 Å². The molecule has 29 heavy (non-hydrogen) atoms. The van der Waals surface area contributed by atoms with Crippen molar-refractivity contribution < 1.29 is 23.5 Å². The van der Waals surface area contributed by atoms with Crippen LogP contribution in [0.1, 0.15) is 25.8 Å². The number of hydrogen-bond donors (Lipinski definition) is 2. The quantitative estimate of drug-likeness (QED) is 0.596. The Balaban J connectivity index is 1.70. The van der Waals surface area contributed by atoms with Gasteiger partial charge < -0.3 is 20.5 Å². The van der Waals surface area contributed by atoms with Crippen molar-refractivity contribution in [2.45, 2.75) is 43.9 Å². The summed E-state index contributed by atoms with van der Waals surface area (Å²) in [6.45, 7) is 3.97. The smallest absolute Gasteiger partial charge is 0.346 e. The van der Waals surface area contributed by atoms with Crippen molar-refractivity contribution in [2.24, 2.45) is 17.6 Å². The summed E-state index contributed by atoms with van der Waals surface area (Å²) in [5.74, 6) is -3.37. The van der Waals surface area contributed by atoms with Crippen LogP contribution in [0.2, 0.25) is 10.0 Å². The lowest BCUT2D eigenvalue weighted by Crippen LogP contribution is -2.54. The summed E-state index contributed by atoms with van der Waals surface area (Å²) in [5.41, 5.74) is 3.29. The minimum absolute atomic E-state index is 0.0444. The van der Waals surface area contributed by atoms with Crippen LogP contribution in [-0.4, -0.2) is 48.9 Å². The maximum Gasteiger partial charge on any atom is 0.346 e. The van der Waals surface area contributed by atoms with Gasteiger partial charge in [0, 0.05) is 12.0 Å². The molecule has 2 saturated carbocycles. The molecule has 0 bridgehead atoms. The molecule has 0 amide bonds. The number of alkyl halides is 1. The third-order valence-electron chi connectivity index (χ3n) is 5.93. The molecule has 2 fully saturated rings. The highest BCUT2D eigenvalue weighted by atomic mass is 35.5. The summed E-state index contributed by atoms with van der Waals surface area (Å²) < 4.78 is 25.4. The van der Waals surface area contributed by atoms with E-state index >= 15 is 4.39 Å². The van der Waals surface area contributed by atoms with Gasteiger partial charge in [0.1, 0.15) is 0 Å². The Morgan fingerprint density at radius 1 is 1.24 bits per heavy atom. The first kappa shape index (κ1) is 22.3. The second kappa shape index (κ2) is 8.38. The standard InChI is InChI=1S/C20H25Cl2FN2O4/c1-3-28-17(26)16-14(25-8-7-11-5-6-12(21)13(22)9-11)10-15-19(23,20(15,16)24)18(27)29-4-2/h5-6,9,14-16,25H,3-4,7-8,10,24H2,1-2H3/t14-,15+,16+,19+,20+/m1/s1. The molecule has 0 heterocycles. The molecule has 5 atom stereocenters. The number of hydrogen-bond acceptors (Lipinski definition) is 6. The first-order chi connectivity index (χ1) is 13.7. The van der Waals surface area contributed by atoms with Gasteiger partial charge in [0.25, 0.3) is 0 Å². The first-order valence-electron chi connectivity index (χ1n) is 9.70. The Labute approximate surface area is 179 Å². The Bertz CT molecular complexity index is 811. The van der Waals surface area contributed by atoms with Crippen LogP contribution >= 0.6 is 23.2 Å². The van der Waals surface area contributed by atoms with E-state index in [1.165, 1.54) is 0 Å². The molecule has 2 aliphatic carbocycles. The zero-order valence-electron chi connectivity index (χ0n) is 16.3. The van der Waals surface area contributed by atoms with Crippen molar-refractivity contribution in [3.8, 4) is 0 Å². The first-order valence-corrected chi connectivity index (χ1v) is 10.5. The highest BCUT2D eigenvalue weighted by Gasteiger charge is 2.89. The fourth-order valence-electron chi connectivity index (χ4n) is 4.53. The van der Waals surface area contributed by atoms with E-state index in [9.17, 15) is 9.59 Å². The van der Waals surface area contributed by atoms with E-state index in [2.05, 4.69) is 5.32 Å². The van der Waals surface area contributed by atoms with Gasteiger partial charge in [-0.2, -0.15) is 0 Å². The van der Waals surface area contributed by atoms with E-state index in [0.29, 0.717) is 23.0 Å². The molecule has 1 aromatic rings. The minimum atomic E-state index is -2.36. The third kappa shape index (κ3) is 3.63. The van der Waals surface area contributed by atoms with Crippen LogP contribution < -0.4 is 11.1 Å². The number of halogens is 3. The largest absolute Gasteiger partial charge is 0.466 e. The summed E-state index contributed by atoms with van der Waals surface area (Å²) >= 11 is 12.0. The SMILES string of the molecule is CCOC(=O)[C@@H]1[C@H](NCCc2ccc(Cl)c(Cl)c2)C[C@@H]2[C@@]1(N)[C@@]2(F)C(=O)OCC. The van der Waals surface area contributed by atoms with Crippen molar-refractivity contribution >= 4 is 35.1 Å². The van der Waals surface area contributed by atoms with E-state index < -0.39 is 41.0 Å². The van der Waals surface area contributed by atoms with Gasteiger partial charge in [-0.25, -0.2) is 9.18 Å². The van der Waals surface area contributed by atoms with Gasteiger partial charge in [0.15, 0.2) is 0 Å². The second-order valence-electron chi connectivity index (χ2n) is 7.44.